The largest absolute Gasteiger partial charge is 0.350 e. The second-order valence-electron chi connectivity index (χ2n) is 6.31. The Morgan fingerprint density at radius 3 is 2.81 bits per heavy atom. The maximum atomic E-state index is 12.3. The molecule has 5 heteroatoms. The van der Waals surface area contributed by atoms with Gasteiger partial charge in [0.05, 0.1) is 4.88 Å². The van der Waals surface area contributed by atoms with Crippen LogP contribution in [0.15, 0.2) is 6.07 Å². The van der Waals surface area contributed by atoms with Crippen molar-refractivity contribution in [2.45, 2.75) is 32.2 Å². The lowest BCUT2D eigenvalue weighted by atomic mass is 10.2. The normalized spacial score (nSPS) is 21.2. The van der Waals surface area contributed by atoms with Crippen LogP contribution in [0.1, 0.15) is 33.5 Å². The molecule has 0 radical (unpaired) electrons. The maximum absolute atomic E-state index is 12.3. The third-order valence-electron chi connectivity index (χ3n) is 4.69. The monoisotopic (exact) mass is 307 g/mol. The summed E-state index contributed by atoms with van der Waals surface area (Å²) in [7, 11) is 2.17. The van der Waals surface area contributed by atoms with Crippen molar-refractivity contribution in [3.63, 3.8) is 0 Å². The highest BCUT2D eigenvalue weighted by Crippen LogP contribution is 2.30. The quantitative estimate of drug-likeness (QED) is 0.918. The smallest absolute Gasteiger partial charge is 0.261 e. The average Bonchev–Trinajstić information content (AvgIpc) is 3.06. The van der Waals surface area contributed by atoms with Crippen LogP contribution in [-0.2, 0) is 12.8 Å². The van der Waals surface area contributed by atoms with Crippen molar-refractivity contribution in [2.24, 2.45) is 0 Å². The van der Waals surface area contributed by atoms with Crippen LogP contribution >= 0.6 is 11.3 Å². The Labute approximate surface area is 131 Å². The summed E-state index contributed by atoms with van der Waals surface area (Å²) < 4.78 is 0. The van der Waals surface area contributed by atoms with Crippen molar-refractivity contribution in [3.8, 4) is 0 Å². The molecule has 1 aliphatic heterocycles. The zero-order valence-corrected chi connectivity index (χ0v) is 13.8. The summed E-state index contributed by atoms with van der Waals surface area (Å²) in [5, 5.41) is 3.11. The van der Waals surface area contributed by atoms with Crippen molar-refractivity contribution >= 4 is 17.2 Å². The molecule has 0 spiro atoms. The van der Waals surface area contributed by atoms with Crippen LogP contribution in [0.2, 0.25) is 0 Å². The van der Waals surface area contributed by atoms with E-state index in [0.29, 0.717) is 6.04 Å². The molecule has 3 rings (SSSR count). The lowest BCUT2D eigenvalue weighted by Crippen LogP contribution is -2.51. The van der Waals surface area contributed by atoms with E-state index in [1.165, 1.54) is 16.9 Å². The van der Waals surface area contributed by atoms with Crippen molar-refractivity contribution in [1.29, 1.82) is 0 Å². The second-order valence-corrected chi connectivity index (χ2v) is 7.45. The average molecular weight is 307 g/mol. The molecule has 4 nitrogen and oxygen atoms in total. The van der Waals surface area contributed by atoms with Crippen LogP contribution in [0.25, 0.3) is 0 Å². The van der Waals surface area contributed by atoms with Gasteiger partial charge in [-0.15, -0.1) is 11.3 Å². The van der Waals surface area contributed by atoms with E-state index >= 15 is 0 Å². The summed E-state index contributed by atoms with van der Waals surface area (Å²) in [6, 6.07) is 2.51. The first kappa shape index (κ1) is 15.0. The summed E-state index contributed by atoms with van der Waals surface area (Å²) in [6.07, 6.45) is 3.56. The van der Waals surface area contributed by atoms with Crippen molar-refractivity contribution in [2.75, 3.05) is 39.8 Å². The molecule has 0 aromatic carbocycles. The van der Waals surface area contributed by atoms with E-state index in [4.69, 9.17) is 0 Å². The van der Waals surface area contributed by atoms with E-state index in [-0.39, 0.29) is 5.91 Å². The molecule has 2 heterocycles. The highest BCUT2D eigenvalue weighted by molar-refractivity contribution is 7.14. The molecule has 1 amide bonds. The molecule has 0 saturated carbocycles. The van der Waals surface area contributed by atoms with Crippen LogP contribution in [0.5, 0.6) is 0 Å². The van der Waals surface area contributed by atoms with Gasteiger partial charge in [-0.1, -0.05) is 0 Å². The summed E-state index contributed by atoms with van der Waals surface area (Å²) in [4.78, 5) is 19.4. The molecule has 116 valence electrons. The fourth-order valence-electron chi connectivity index (χ4n) is 3.16. The van der Waals surface area contributed by atoms with Gasteiger partial charge in [0.1, 0.15) is 0 Å². The van der Waals surface area contributed by atoms with Gasteiger partial charge in [-0.25, -0.2) is 0 Å². The number of nitrogens with one attached hydrogen (secondary N) is 1. The van der Waals surface area contributed by atoms with Gasteiger partial charge in [0.2, 0.25) is 0 Å². The number of piperazine rings is 1. The predicted octanol–water partition coefficient (Wildman–Crippen LogP) is 1.60. The number of thiophene rings is 1. The van der Waals surface area contributed by atoms with Crippen LogP contribution in [0.4, 0.5) is 0 Å². The highest BCUT2D eigenvalue weighted by Gasteiger charge is 2.21. The third-order valence-corrected chi connectivity index (χ3v) is 5.93. The highest BCUT2D eigenvalue weighted by atomic mass is 32.1. The number of likely N-dealkylation sites (N-methyl/N-ethyl adjacent to an activating group) is 1. The molecular weight excluding hydrogens is 282 g/mol. The molecule has 1 fully saturated rings. The number of aryl methyl sites for hydroxylation is 2. The Kier molecular flexibility index (Phi) is 4.62. The molecule has 21 heavy (non-hydrogen) atoms. The maximum Gasteiger partial charge on any atom is 0.261 e. The number of rotatable bonds is 4. The number of hydrogen-bond donors (Lipinski definition) is 1. The van der Waals surface area contributed by atoms with E-state index in [0.717, 1.165) is 50.4 Å². The Morgan fingerprint density at radius 1 is 1.33 bits per heavy atom. The minimum absolute atomic E-state index is 0.107. The fourth-order valence-corrected chi connectivity index (χ4v) is 4.33. The Bertz CT molecular complexity index is 484. The topological polar surface area (TPSA) is 35.6 Å². The summed E-state index contributed by atoms with van der Waals surface area (Å²) >= 11 is 1.69. The second kappa shape index (κ2) is 6.46. The number of amides is 1. The number of hydrogen-bond acceptors (Lipinski definition) is 4. The number of carbonyl (C=O) groups excluding carboxylic acids is 1. The van der Waals surface area contributed by atoms with Gasteiger partial charge in [-0.2, -0.15) is 0 Å². The van der Waals surface area contributed by atoms with Gasteiger partial charge >= 0.3 is 0 Å². The molecule has 0 bridgehead atoms. The van der Waals surface area contributed by atoms with E-state index < -0.39 is 0 Å². The van der Waals surface area contributed by atoms with Crippen LogP contribution in [0, 0.1) is 0 Å². The summed E-state index contributed by atoms with van der Waals surface area (Å²) in [5.74, 6) is 0.107. The Hall–Kier alpha value is -0.910. The SMILES string of the molecule is CC(CNC(=O)c1cc2c(s1)CCC2)N1CCN(C)CC1. The van der Waals surface area contributed by atoms with Gasteiger partial charge < -0.3 is 10.2 Å². The van der Waals surface area contributed by atoms with E-state index in [9.17, 15) is 4.79 Å². The molecule has 1 unspecified atom stereocenters. The van der Waals surface area contributed by atoms with Crippen molar-refractivity contribution in [1.82, 2.24) is 15.1 Å². The van der Waals surface area contributed by atoms with Crippen LogP contribution < -0.4 is 5.32 Å². The lowest BCUT2D eigenvalue weighted by molar-refractivity contribution is 0.0907. The minimum Gasteiger partial charge on any atom is -0.350 e. The minimum atomic E-state index is 0.107. The molecule has 1 aromatic rings. The zero-order chi connectivity index (χ0) is 14.8. The lowest BCUT2D eigenvalue weighted by Gasteiger charge is -2.36. The first-order valence-corrected chi connectivity index (χ1v) is 8.77. The predicted molar refractivity (Wildman–Crippen MR) is 87.2 cm³/mol. The molecule has 1 aliphatic carbocycles. The molecule has 1 aromatic heterocycles. The Morgan fingerprint density at radius 2 is 2.10 bits per heavy atom. The van der Waals surface area contributed by atoms with Crippen molar-refractivity contribution < 1.29 is 4.79 Å². The standard InChI is InChI=1S/C16H25N3OS/c1-12(19-8-6-18(2)7-9-19)11-17-16(20)15-10-13-4-3-5-14(13)21-15/h10,12H,3-9,11H2,1-2H3,(H,17,20). The number of nitrogens with zero attached hydrogens (tertiary/aromatic N) is 2. The van der Waals surface area contributed by atoms with Gasteiger partial charge in [0.15, 0.2) is 0 Å². The van der Waals surface area contributed by atoms with Crippen LogP contribution in [0.3, 0.4) is 0 Å². The fraction of sp³-hybridized carbons (Fsp3) is 0.688. The molecular formula is C16H25N3OS. The zero-order valence-electron chi connectivity index (χ0n) is 13.0. The Balaban J connectivity index is 1.48. The van der Waals surface area contributed by atoms with Crippen LogP contribution in [-0.4, -0.2) is 61.5 Å². The summed E-state index contributed by atoms with van der Waals surface area (Å²) in [6.45, 7) is 7.39. The van der Waals surface area contributed by atoms with Gasteiger partial charge in [-0.3, -0.25) is 9.69 Å². The van der Waals surface area contributed by atoms with Crippen molar-refractivity contribution in [3.05, 3.63) is 21.4 Å². The number of fused-ring (bicyclic) bond motifs is 1. The molecule has 1 N–H and O–H groups in total. The van der Waals surface area contributed by atoms with E-state index in [1.807, 2.05) is 0 Å². The molecule has 2 aliphatic rings. The van der Waals surface area contributed by atoms with Gasteiger partial charge in [0.25, 0.3) is 5.91 Å². The van der Waals surface area contributed by atoms with Gasteiger partial charge in [-0.05, 0) is 44.9 Å². The third kappa shape index (κ3) is 3.47. The van der Waals surface area contributed by atoms with E-state index in [2.05, 4.69) is 35.2 Å². The summed E-state index contributed by atoms with van der Waals surface area (Å²) in [5.41, 5.74) is 1.40. The van der Waals surface area contributed by atoms with E-state index in [1.54, 1.807) is 11.3 Å². The van der Waals surface area contributed by atoms with Gasteiger partial charge in [0, 0.05) is 43.6 Å². The molecule has 1 atom stereocenters. The number of carbonyl (C=O) groups is 1. The molecule has 1 saturated heterocycles. The first-order chi connectivity index (χ1) is 10.1. The first-order valence-electron chi connectivity index (χ1n) is 7.96.